The topological polar surface area (TPSA) is 27.1 Å². The van der Waals surface area contributed by atoms with E-state index in [2.05, 4.69) is 111 Å². The van der Waals surface area contributed by atoms with Gasteiger partial charge >= 0.3 is 0 Å². The Balaban J connectivity index is 1.44. The molecule has 1 heterocycles. The molecule has 3 aromatic rings. The van der Waals surface area contributed by atoms with Crippen molar-refractivity contribution in [1.82, 2.24) is 9.55 Å². The number of hydrogen-bond acceptors (Lipinski definition) is 2. The molecule has 0 spiro atoms. The predicted octanol–water partition coefficient (Wildman–Crippen LogP) is 5.53. The molecule has 3 nitrogen and oxygen atoms in total. The van der Waals surface area contributed by atoms with Gasteiger partial charge in [0.15, 0.2) is 0 Å². The molecule has 2 saturated carbocycles. The van der Waals surface area contributed by atoms with Crippen LogP contribution in [-0.4, -0.2) is 24.0 Å². The zero-order valence-corrected chi connectivity index (χ0v) is 21.0. The molecular formula is C28H36N2OSi. The van der Waals surface area contributed by atoms with Gasteiger partial charge in [-0.15, -0.1) is 0 Å². The Labute approximate surface area is 194 Å². The Bertz CT molecular complexity index is 1000. The number of benzene rings is 2. The SMILES string of the molecule is CC(C)c1nccn1C1[C@H]2CC(O[Si](c3ccccc3)(c3ccccc3)C(C)(C)C)C[C@@H]12. The quantitative estimate of drug-likeness (QED) is 0.467. The molecule has 2 aliphatic carbocycles. The Hall–Kier alpha value is -2.17. The van der Waals surface area contributed by atoms with Crippen molar-refractivity contribution in [1.29, 1.82) is 0 Å². The van der Waals surface area contributed by atoms with E-state index in [4.69, 9.17) is 4.43 Å². The van der Waals surface area contributed by atoms with Gasteiger partial charge in [-0.05, 0) is 40.1 Å². The number of fused-ring (bicyclic) bond motifs is 1. The first kappa shape index (κ1) is 21.7. The first-order valence-electron chi connectivity index (χ1n) is 12.1. The lowest BCUT2D eigenvalue weighted by Gasteiger charge is -2.45. The molecule has 0 bridgehead atoms. The smallest absolute Gasteiger partial charge is 0.261 e. The molecule has 2 fully saturated rings. The number of aromatic nitrogens is 2. The molecule has 2 aliphatic rings. The van der Waals surface area contributed by atoms with Crippen molar-refractivity contribution in [2.45, 2.75) is 70.6 Å². The maximum absolute atomic E-state index is 7.39. The van der Waals surface area contributed by atoms with Crippen molar-refractivity contribution >= 4 is 18.7 Å². The lowest BCUT2D eigenvalue weighted by Crippen LogP contribution is -2.67. The van der Waals surface area contributed by atoms with Crippen LogP contribution in [0.3, 0.4) is 0 Å². The second-order valence-corrected chi connectivity index (χ2v) is 15.3. The van der Waals surface area contributed by atoms with Crippen LogP contribution in [0.2, 0.25) is 5.04 Å². The van der Waals surface area contributed by atoms with Gasteiger partial charge in [0.1, 0.15) is 5.82 Å². The molecule has 0 saturated heterocycles. The highest BCUT2D eigenvalue weighted by Gasteiger charge is 2.60. The maximum Gasteiger partial charge on any atom is 0.261 e. The maximum atomic E-state index is 7.39. The highest BCUT2D eigenvalue weighted by molar-refractivity contribution is 6.99. The number of hydrogen-bond donors (Lipinski definition) is 0. The molecule has 0 N–H and O–H groups in total. The third-order valence-corrected chi connectivity index (χ3v) is 12.7. The first-order valence-corrected chi connectivity index (χ1v) is 14.1. The molecule has 32 heavy (non-hydrogen) atoms. The lowest BCUT2D eigenvalue weighted by atomic mass is 10.1. The molecule has 0 amide bonds. The Morgan fingerprint density at radius 1 is 0.906 bits per heavy atom. The molecule has 0 radical (unpaired) electrons. The fourth-order valence-electron chi connectivity index (χ4n) is 6.23. The van der Waals surface area contributed by atoms with Crippen molar-refractivity contribution in [3.8, 4) is 0 Å². The predicted molar refractivity (Wildman–Crippen MR) is 134 cm³/mol. The largest absolute Gasteiger partial charge is 0.404 e. The van der Waals surface area contributed by atoms with Crippen LogP contribution in [0.4, 0.5) is 0 Å². The van der Waals surface area contributed by atoms with Gasteiger partial charge in [-0.25, -0.2) is 4.98 Å². The highest BCUT2D eigenvalue weighted by Crippen LogP contribution is 2.62. The van der Waals surface area contributed by atoms with Crippen LogP contribution in [0.15, 0.2) is 73.1 Å². The average molecular weight is 445 g/mol. The van der Waals surface area contributed by atoms with Gasteiger partial charge in [-0.3, -0.25) is 0 Å². The summed E-state index contributed by atoms with van der Waals surface area (Å²) in [6.45, 7) is 11.6. The van der Waals surface area contributed by atoms with Gasteiger partial charge in [-0.2, -0.15) is 0 Å². The van der Waals surface area contributed by atoms with Crippen LogP contribution in [0.1, 0.15) is 65.2 Å². The number of rotatable bonds is 6. The van der Waals surface area contributed by atoms with E-state index in [1.807, 2.05) is 6.20 Å². The van der Waals surface area contributed by atoms with Crippen molar-refractivity contribution in [3.05, 3.63) is 78.9 Å². The molecule has 2 unspecified atom stereocenters. The molecule has 4 atom stereocenters. The summed E-state index contributed by atoms with van der Waals surface area (Å²) in [5, 5.41) is 2.80. The van der Waals surface area contributed by atoms with E-state index in [1.165, 1.54) is 16.2 Å². The molecule has 168 valence electrons. The zero-order chi connectivity index (χ0) is 22.5. The van der Waals surface area contributed by atoms with Crippen molar-refractivity contribution in [2.24, 2.45) is 11.8 Å². The normalized spacial score (nSPS) is 25.2. The summed E-state index contributed by atoms with van der Waals surface area (Å²) in [6.07, 6.45) is 6.82. The van der Waals surface area contributed by atoms with Crippen LogP contribution < -0.4 is 10.4 Å². The van der Waals surface area contributed by atoms with E-state index >= 15 is 0 Å². The monoisotopic (exact) mass is 444 g/mol. The van der Waals surface area contributed by atoms with Gasteiger partial charge in [0, 0.05) is 30.5 Å². The minimum Gasteiger partial charge on any atom is -0.404 e. The Kier molecular flexibility index (Phi) is 5.41. The van der Waals surface area contributed by atoms with E-state index in [-0.39, 0.29) is 5.04 Å². The fraction of sp³-hybridized carbons (Fsp3) is 0.464. The van der Waals surface area contributed by atoms with Gasteiger partial charge < -0.3 is 8.99 Å². The summed E-state index contributed by atoms with van der Waals surface area (Å²) in [6, 6.07) is 22.7. The summed E-state index contributed by atoms with van der Waals surface area (Å²) < 4.78 is 9.85. The second-order valence-electron chi connectivity index (χ2n) is 11.0. The van der Waals surface area contributed by atoms with Crippen LogP contribution in [-0.2, 0) is 4.43 Å². The summed E-state index contributed by atoms with van der Waals surface area (Å²) >= 11 is 0. The zero-order valence-electron chi connectivity index (χ0n) is 20.0. The minimum atomic E-state index is -2.46. The second kappa shape index (κ2) is 8.00. The third kappa shape index (κ3) is 3.48. The van der Waals surface area contributed by atoms with E-state index in [9.17, 15) is 0 Å². The van der Waals surface area contributed by atoms with E-state index < -0.39 is 8.32 Å². The van der Waals surface area contributed by atoms with E-state index in [0.29, 0.717) is 18.1 Å². The first-order chi connectivity index (χ1) is 15.3. The number of nitrogens with zero attached hydrogens (tertiary/aromatic N) is 2. The molecular weight excluding hydrogens is 408 g/mol. The van der Waals surface area contributed by atoms with Gasteiger partial charge in [-0.1, -0.05) is 95.3 Å². The van der Waals surface area contributed by atoms with E-state index in [1.54, 1.807) is 0 Å². The third-order valence-electron chi connectivity index (χ3n) is 7.65. The molecule has 1 aromatic heterocycles. The Morgan fingerprint density at radius 2 is 1.44 bits per heavy atom. The van der Waals surface area contributed by atoms with Crippen LogP contribution in [0, 0.1) is 11.8 Å². The number of imidazole rings is 1. The van der Waals surface area contributed by atoms with Gasteiger partial charge in [0.05, 0.1) is 0 Å². The summed E-state index contributed by atoms with van der Waals surface area (Å²) in [5.41, 5.74) is 0. The van der Waals surface area contributed by atoms with Crippen molar-refractivity contribution in [2.75, 3.05) is 0 Å². The van der Waals surface area contributed by atoms with Crippen molar-refractivity contribution < 1.29 is 4.43 Å². The molecule has 5 rings (SSSR count). The van der Waals surface area contributed by atoms with Gasteiger partial charge in [0.2, 0.25) is 0 Å². The molecule has 2 aromatic carbocycles. The van der Waals surface area contributed by atoms with Crippen LogP contribution in [0.5, 0.6) is 0 Å². The van der Waals surface area contributed by atoms with Gasteiger partial charge in [0.25, 0.3) is 8.32 Å². The summed E-state index contributed by atoms with van der Waals surface area (Å²) in [5.74, 6) is 3.15. The summed E-state index contributed by atoms with van der Waals surface area (Å²) in [4.78, 5) is 4.63. The van der Waals surface area contributed by atoms with Crippen LogP contribution >= 0.6 is 0 Å². The molecule has 0 aliphatic heterocycles. The lowest BCUT2D eigenvalue weighted by molar-refractivity contribution is 0.173. The summed E-state index contributed by atoms with van der Waals surface area (Å²) in [7, 11) is -2.46. The van der Waals surface area contributed by atoms with E-state index in [0.717, 1.165) is 24.7 Å². The van der Waals surface area contributed by atoms with Crippen molar-refractivity contribution in [3.63, 3.8) is 0 Å². The van der Waals surface area contributed by atoms with Crippen LogP contribution in [0.25, 0.3) is 0 Å². The Morgan fingerprint density at radius 3 is 1.91 bits per heavy atom. The standard InChI is InChI=1S/C28H36N2OSi/c1-20(2)27-29-16-17-30(27)26-24-18-21(19-25(24)26)31-32(28(3,4)5,22-12-8-6-9-13-22)23-14-10-7-11-15-23/h6-17,20-21,24-26H,18-19H2,1-5H3/t21?,24-,25+,26?. The molecule has 4 heteroatoms. The highest BCUT2D eigenvalue weighted by atomic mass is 28.4. The fourth-order valence-corrected chi connectivity index (χ4v) is 10.9. The average Bonchev–Trinajstić information content (AvgIpc) is 3.13. The minimum absolute atomic E-state index is 0.0387.